The average Bonchev–Trinajstić information content (AvgIpc) is 2.89. The van der Waals surface area contributed by atoms with E-state index in [1.807, 2.05) is 19.9 Å². The molecule has 0 aromatic heterocycles. The number of sulfonamides is 1. The smallest absolute Gasteiger partial charge is 0.262 e. The first-order valence-corrected chi connectivity index (χ1v) is 9.81. The van der Waals surface area contributed by atoms with Gasteiger partial charge in [0.05, 0.1) is 17.7 Å². The highest BCUT2D eigenvalue weighted by molar-refractivity contribution is 7.92. The predicted molar refractivity (Wildman–Crippen MR) is 101 cm³/mol. The molecule has 7 heteroatoms. The van der Waals surface area contributed by atoms with Gasteiger partial charge in [0, 0.05) is 18.7 Å². The molecule has 1 amide bonds. The lowest BCUT2D eigenvalue weighted by Gasteiger charge is -2.20. The van der Waals surface area contributed by atoms with Gasteiger partial charge in [-0.1, -0.05) is 6.07 Å². The van der Waals surface area contributed by atoms with Gasteiger partial charge in [-0.05, 0) is 61.7 Å². The Kier molecular flexibility index (Phi) is 4.66. The second-order valence-electron chi connectivity index (χ2n) is 6.54. The summed E-state index contributed by atoms with van der Waals surface area (Å²) in [6.07, 6.45) is 0.631. The number of nitrogens with zero attached hydrogens (tertiary/aromatic N) is 1. The van der Waals surface area contributed by atoms with Crippen molar-refractivity contribution in [3.8, 4) is 5.75 Å². The molecule has 1 N–H and O–H groups in total. The highest BCUT2D eigenvalue weighted by atomic mass is 32.2. The standard InChI is InChI=1S/C19H22N2O4S/c1-12-5-8-19(25-4)17(9-12)20-26(23,24)16-6-7-18-15(11-16)10-13(2)21(18)14(3)22/h5-9,11,13,20H,10H2,1-4H3. The van der Waals surface area contributed by atoms with Crippen LogP contribution >= 0.6 is 0 Å². The molecule has 1 atom stereocenters. The molecule has 3 rings (SSSR count). The van der Waals surface area contributed by atoms with Gasteiger partial charge in [0.15, 0.2) is 0 Å². The maximum absolute atomic E-state index is 12.8. The molecule has 2 aromatic rings. The Balaban J connectivity index is 1.96. The average molecular weight is 374 g/mol. The molecule has 0 radical (unpaired) electrons. The summed E-state index contributed by atoms with van der Waals surface area (Å²) in [6, 6.07) is 10.2. The van der Waals surface area contributed by atoms with Crippen LogP contribution in [0.4, 0.5) is 11.4 Å². The van der Waals surface area contributed by atoms with E-state index in [0.717, 1.165) is 16.8 Å². The molecule has 6 nitrogen and oxygen atoms in total. The van der Waals surface area contributed by atoms with Crippen LogP contribution in [0.25, 0.3) is 0 Å². The molecule has 1 heterocycles. The van der Waals surface area contributed by atoms with Crippen molar-refractivity contribution in [2.24, 2.45) is 0 Å². The summed E-state index contributed by atoms with van der Waals surface area (Å²) < 4.78 is 33.5. The van der Waals surface area contributed by atoms with E-state index in [0.29, 0.717) is 17.9 Å². The summed E-state index contributed by atoms with van der Waals surface area (Å²) in [6.45, 7) is 5.34. The minimum Gasteiger partial charge on any atom is -0.495 e. The second-order valence-corrected chi connectivity index (χ2v) is 8.22. The number of amides is 1. The SMILES string of the molecule is COc1ccc(C)cc1NS(=O)(=O)c1ccc2c(c1)CC(C)N2C(C)=O. The summed E-state index contributed by atoms with van der Waals surface area (Å²) in [4.78, 5) is 13.7. The molecule has 0 bridgehead atoms. The maximum Gasteiger partial charge on any atom is 0.262 e. The van der Waals surface area contributed by atoms with Crippen LogP contribution in [0.1, 0.15) is 25.0 Å². The van der Waals surface area contributed by atoms with Crippen molar-refractivity contribution in [2.45, 2.75) is 38.1 Å². The number of aryl methyl sites for hydroxylation is 1. The molecular formula is C19H22N2O4S. The summed E-state index contributed by atoms with van der Waals surface area (Å²) in [5.74, 6) is 0.409. The summed E-state index contributed by atoms with van der Waals surface area (Å²) in [5.41, 5.74) is 2.94. The van der Waals surface area contributed by atoms with E-state index in [4.69, 9.17) is 4.74 Å². The van der Waals surface area contributed by atoms with Crippen LogP contribution in [0, 0.1) is 6.92 Å². The molecule has 1 aliphatic heterocycles. The highest BCUT2D eigenvalue weighted by Gasteiger charge is 2.30. The van der Waals surface area contributed by atoms with Crippen molar-refractivity contribution < 1.29 is 17.9 Å². The van der Waals surface area contributed by atoms with Gasteiger partial charge in [-0.25, -0.2) is 8.42 Å². The lowest BCUT2D eigenvalue weighted by molar-refractivity contribution is -0.116. The normalized spacial score (nSPS) is 16.3. The minimum atomic E-state index is -3.77. The van der Waals surface area contributed by atoms with Crippen molar-refractivity contribution >= 4 is 27.3 Å². The first-order chi connectivity index (χ1) is 12.2. The van der Waals surface area contributed by atoms with E-state index >= 15 is 0 Å². The number of rotatable bonds is 4. The first kappa shape index (κ1) is 18.3. The van der Waals surface area contributed by atoms with Gasteiger partial charge < -0.3 is 9.64 Å². The van der Waals surface area contributed by atoms with Crippen molar-refractivity contribution in [3.63, 3.8) is 0 Å². The fourth-order valence-corrected chi connectivity index (χ4v) is 4.47. The van der Waals surface area contributed by atoms with Crippen molar-refractivity contribution in [2.75, 3.05) is 16.7 Å². The van der Waals surface area contributed by atoms with Gasteiger partial charge in [-0.3, -0.25) is 9.52 Å². The van der Waals surface area contributed by atoms with Crippen LogP contribution < -0.4 is 14.4 Å². The minimum absolute atomic E-state index is 0.0188. The fourth-order valence-electron chi connectivity index (χ4n) is 3.36. The molecule has 1 aliphatic rings. The molecule has 0 saturated heterocycles. The Morgan fingerprint density at radius 1 is 1.23 bits per heavy atom. The molecule has 26 heavy (non-hydrogen) atoms. The third-order valence-corrected chi connectivity index (χ3v) is 5.88. The number of methoxy groups -OCH3 is 1. The summed E-state index contributed by atoms with van der Waals surface area (Å²) in [5, 5.41) is 0. The van der Waals surface area contributed by atoms with E-state index in [-0.39, 0.29) is 16.8 Å². The molecule has 138 valence electrons. The van der Waals surface area contributed by atoms with E-state index in [9.17, 15) is 13.2 Å². The molecule has 0 fully saturated rings. The van der Waals surface area contributed by atoms with Crippen LogP contribution in [0.3, 0.4) is 0 Å². The van der Waals surface area contributed by atoms with Gasteiger partial charge >= 0.3 is 0 Å². The molecule has 1 unspecified atom stereocenters. The monoisotopic (exact) mass is 374 g/mol. The molecule has 0 spiro atoms. The van der Waals surface area contributed by atoms with Crippen LogP contribution in [-0.2, 0) is 21.2 Å². The van der Waals surface area contributed by atoms with Crippen molar-refractivity contribution in [1.82, 2.24) is 0 Å². The zero-order valence-corrected chi connectivity index (χ0v) is 16.1. The summed E-state index contributed by atoms with van der Waals surface area (Å²) >= 11 is 0. The topological polar surface area (TPSA) is 75.7 Å². The number of nitrogens with one attached hydrogen (secondary N) is 1. The third-order valence-electron chi connectivity index (χ3n) is 4.52. The van der Waals surface area contributed by atoms with Crippen LogP contribution in [-0.4, -0.2) is 27.5 Å². The van der Waals surface area contributed by atoms with Crippen LogP contribution in [0.2, 0.25) is 0 Å². The van der Waals surface area contributed by atoms with Gasteiger partial charge in [-0.2, -0.15) is 0 Å². The Bertz CT molecular complexity index is 969. The quantitative estimate of drug-likeness (QED) is 0.892. The molecular weight excluding hydrogens is 352 g/mol. The fraction of sp³-hybridized carbons (Fsp3) is 0.316. The van der Waals surface area contributed by atoms with Crippen molar-refractivity contribution in [3.05, 3.63) is 47.5 Å². The van der Waals surface area contributed by atoms with E-state index in [2.05, 4.69) is 4.72 Å². The Morgan fingerprint density at radius 3 is 2.62 bits per heavy atom. The zero-order valence-electron chi connectivity index (χ0n) is 15.2. The number of fused-ring (bicyclic) bond motifs is 1. The van der Waals surface area contributed by atoms with E-state index in [1.54, 1.807) is 29.2 Å². The first-order valence-electron chi connectivity index (χ1n) is 8.33. The number of carbonyl (C=O) groups excluding carboxylic acids is 1. The number of anilines is 2. The van der Waals surface area contributed by atoms with Crippen LogP contribution in [0.15, 0.2) is 41.3 Å². The third kappa shape index (κ3) is 3.26. The van der Waals surface area contributed by atoms with Gasteiger partial charge in [0.1, 0.15) is 5.75 Å². The Labute approximate surface area is 153 Å². The lowest BCUT2D eigenvalue weighted by atomic mass is 10.1. The Morgan fingerprint density at radius 2 is 1.96 bits per heavy atom. The van der Waals surface area contributed by atoms with Crippen molar-refractivity contribution in [1.29, 1.82) is 0 Å². The second kappa shape index (κ2) is 6.64. The number of hydrogen-bond donors (Lipinski definition) is 1. The molecule has 2 aromatic carbocycles. The molecule has 0 saturated carbocycles. The van der Waals surface area contributed by atoms with E-state index < -0.39 is 10.0 Å². The lowest BCUT2D eigenvalue weighted by Crippen LogP contribution is -2.33. The van der Waals surface area contributed by atoms with Crippen LogP contribution in [0.5, 0.6) is 5.75 Å². The predicted octanol–water partition coefficient (Wildman–Crippen LogP) is 3.10. The van der Waals surface area contributed by atoms with Gasteiger partial charge in [0.2, 0.25) is 5.91 Å². The number of carbonyl (C=O) groups is 1. The highest BCUT2D eigenvalue weighted by Crippen LogP contribution is 2.35. The maximum atomic E-state index is 12.8. The number of hydrogen-bond acceptors (Lipinski definition) is 4. The Hall–Kier alpha value is -2.54. The summed E-state index contributed by atoms with van der Waals surface area (Å²) in [7, 11) is -2.28. The van der Waals surface area contributed by atoms with Gasteiger partial charge in [-0.15, -0.1) is 0 Å². The zero-order chi connectivity index (χ0) is 19.1. The van der Waals surface area contributed by atoms with Gasteiger partial charge in [0.25, 0.3) is 10.0 Å². The largest absolute Gasteiger partial charge is 0.495 e. The molecule has 0 aliphatic carbocycles. The number of benzene rings is 2. The number of ether oxygens (including phenoxy) is 1. The van der Waals surface area contributed by atoms with E-state index in [1.165, 1.54) is 20.1 Å².